The largest absolute Gasteiger partial charge is 0.349 e. The maximum Gasteiger partial charge on any atom is 0.243 e. The molecule has 0 amide bonds. The minimum atomic E-state index is 0.662. The molecule has 0 saturated carbocycles. The Morgan fingerprint density at radius 2 is 1.85 bits per heavy atom. The first-order valence-corrected chi connectivity index (χ1v) is 6.89. The van der Waals surface area contributed by atoms with Crippen LogP contribution in [0.2, 0.25) is 0 Å². The lowest BCUT2D eigenvalue weighted by molar-refractivity contribution is 0.947. The number of nitrogens with one attached hydrogen (secondary N) is 1. The summed E-state index contributed by atoms with van der Waals surface area (Å²) in [5.74, 6) is 0.662. The van der Waals surface area contributed by atoms with Crippen LogP contribution in [0.15, 0.2) is 42.6 Å². The zero-order chi connectivity index (χ0) is 13.9. The third-order valence-electron chi connectivity index (χ3n) is 3.37. The van der Waals surface area contributed by atoms with Gasteiger partial charge >= 0.3 is 0 Å². The van der Waals surface area contributed by atoms with Crippen molar-refractivity contribution >= 4 is 11.6 Å². The van der Waals surface area contributed by atoms with Crippen LogP contribution in [0.4, 0.5) is 5.95 Å². The lowest BCUT2D eigenvalue weighted by Crippen LogP contribution is -2.01. The molecule has 0 aliphatic rings. The lowest BCUT2D eigenvalue weighted by atomic mass is 10.1. The van der Waals surface area contributed by atoms with Crippen LogP contribution in [0.1, 0.15) is 23.6 Å². The molecular weight excluding hydrogens is 248 g/mol. The molecule has 0 fully saturated rings. The van der Waals surface area contributed by atoms with Gasteiger partial charge in [-0.1, -0.05) is 31.2 Å². The van der Waals surface area contributed by atoms with Gasteiger partial charge in [0.2, 0.25) is 5.95 Å². The summed E-state index contributed by atoms with van der Waals surface area (Å²) >= 11 is 0. The van der Waals surface area contributed by atoms with E-state index in [4.69, 9.17) is 0 Å². The van der Waals surface area contributed by atoms with Gasteiger partial charge in [-0.2, -0.15) is 4.98 Å². The zero-order valence-corrected chi connectivity index (χ0v) is 11.8. The molecule has 3 rings (SSSR count). The van der Waals surface area contributed by atoms with Gasteiger partial charge in [0.15, 0.2) is 5.65 Å². The number of hydrogen-bond donors (Lipinski definition) is 1. The molecule has 0 aliphatic heterocycles. The van der Waals surface area contributed by atoms with Crippen molar-refractivity contribution in [3.8, 4) is 0 Å². The van der Waals surface area contributed by atoms with E-state index in [-0.39, 0.29) is 0 Å². The van der Waals surface area contributed by atoms with E-state index in [1.165, 1.54) is 16.7 Å². The average Bonchev–Trinajstić information content (AvgIpc) is 2.87. The first kappa shape index (κ1) is 12.7. The fraction of sp³-hybridized carbons (Fsp3) is 0.250. The van der Waals surface area contributed by atoms with Gasteiger partial charge in [-0.15, -0.1) is 5.10 Å². The molecule has 20 heavy (non-hydrogen) atoms. The van der Waals surface area contributed by atoms with Crippen molar-refractivity contribution < 1.29 is 0 Å². The molecule has 0 saturated heterocycles. The molecule has 4 heteroatoms. The van der Waals surface area contributed by atoms with E-state index in [0.717, 1.165) is 18.6 Å². The van der Waals surface area contributed by atoms with Gasteiger partial charge < -0.3 is 5.32 Å². The van der Waals surface area contributed by atoms with E-state index < -0.39 is 0 Å². The average molecular weight is 266 g/mol. The maximum atomic E-state index is 4.46. The molecule has 0 spiro atoms. The van der Waals surface area contributed by atoms with E-state index in [1.54, 1.807) is 4.52 Å². The standard InChI is InChI=1S/C16H18N4/c1-3-13-4-6-14(7-5-13)11-17-16-18-15-10-12(2)8-9-20(15)19-16/h4-10H,3,11H2,1-2H3,(H,17,19). The topological polar surface area (TPSA) is 42.2 Å². The Kier molecular flexibility index (Phi) is 3.37. The SMILES string of the molecule is CCc1ccc(CNc2nc3cc(C)ccn3n2)cc1. The lowest BCUT2D eigenvalue weighted by Gasteiger charge is -2.03. The number of benzene rings is 1. The van der Waals surface area contributed by atoms with Crippen LogP contribution in [0.3, 0.4) is 0 Å². The maximum absolute atomic E-state index is 4.46. The molecule has 0 atom stereocenters. The minimum Gasteiger partial charge on any atom is -0.349 e. The van der Waals surface area contributed by atoms with Crippen molar-refractivity contribution in [2.75, 3.05) is 5.32 Å². The van der Waals surface area contributed by atoms with Gasteiger partial charge in [-0.05, 0) is 42.2 Å². The van der Waals surface area contributed by atoms with Crippen LogP contribution < -0.4 is 5.32 Å². The second kappa shape index (κ2) is 5.33. The van der Waals surface area contributed by atoms with Crippen molar-refractivity contribution in [3.63, 3.8) is 0 Å². The molecule has 0 aliphatic carbocycles. The Bertz CT molecular complexity index is 713. The van der Waals surface area contributed by atoms with Gasteiger partial charge in [0.1, 0.15) is 0 Å². The van der Waals surface area contributed by atoms with Gasteiger partial charge in [0, 0.05) is 12.7 Å². The fourth-order valence-corrected chi connectivity index (χ4v) is 2.13. The summed E-state index contributed by atoms with van der Waals surface area (Å²) in [6.07, 6.45) is 3.00. The molecule has 2 aromatic heterocycles. The Labute approximate surface area is 118 Å². The third-order valence-corrected chi connectivity index (χ3v) is 3.37. The Morgan fingerprint density at radius 3 is 2.60 bits per heavy atom. The second-order valence-corrected chi connectivity index (χ2v) is 4.97. The predicted octanol–water partition coefficient (Wildman–Crippen LogP) is 3.21. The molecule has 2 heterocycles. The van der Waals surface area contributed by atoms with Gasteiger partial charge in [-0.25, -0.2) is 4.52 Å². The number of aromatic nitrogens is 3. The smallest absolute Gasteiger partial charge is 0.243 e. The molecule has 102 valence electrons. The molecular formula is C16H18N4. The molecule has 0 radical (unpaired) electrons. The highest BCUT2D eigenvalue weighted by atomic mass is 15.3. The summed E-state index contributed by atoms with van der Waals surface area (Å²) in [7, 11) is 0. The van der Waals surface area contributed by atoms with Gasteiger partial charge in [0.05, 0.1) is 0 Å². The summed E-state index contributed by atoms with van der Waals surface area (Å²) in [5.41, 5.74) is 4.65. The minimum absolute atomic E-state index is 0.662. The number of anilines is 1. The first-order valence-electron chi connectivity index (χ1n) is 6.89. The van der Waals surface area contributed by atoms with Crippen molar-refractivity contribution in [1.29, 1.82) is 0 Å². The molecule has 3 aromatic rings. The monoisotopic (exact) mass is 266 g/mol. The van der Waals surface area contributed by atoms with E-state index in [9.17, 15) is 0 Å². The number of nitrogens with zero attached hydrogens (tertiary/aromatic N) is 3. The Balaban J connectivity index is 1.72. The number of pyridine rings is 1. The predicted molar refractivity (Wildman–Crippen MR) is 80.9 cm³/mol. The van der Waals surface area contributed by atoms with Crippen LogP contribution in [0, 0.1) is 6.92 Å². The van der Waals surface area contributed by atoms with Crippen molar-refractivity contribution in [3.05, 3.63) is 59.3 Å². The number of fused-ring (bicyclic) bond motifs is 1. The van der Waals surface area contributed by atoms with E-state index in [0.29, 0.717) is 5.95 Å². The van der Waals surface area contributed by atoms with Crippen LogP contribution in [-0.4, -0.2) is 14.6 Å². The van der Waals surface area contributed by atoms with Gasteiger partial charge in [-0.3, -0.25) is 0 Å². The summed E-state index contributed by atoms with van der Waals surface area (Å²) in [5, 5.41) is 7.66. The fourth-order valence-electron chi connectivity index (χ4n) is 2.13. The van der Waals surface area contributed by atoms with E-state index in [2.05, 4.69) is 53.5 Å². The Morgan fingerprint density at radius 1 is 1.10 bits per heavy atom. The molecule has 1 aromatic carbocycles. The molecule has 0 unspecified atom stereocenters. The number of hydrogen-bond acceptors (Lipinski definition) is 3. The second-order valence-electron chi connectivity index (χ2n) is 4.97. The highest BCUT2D eigenvalue weighted by Gasteiger charge is 2.03. The molecule has 1 N–H and O–H groups in total. The van der Waals surface area contributed by atoms with E-state index >= 15 is 0 Å². The molecule has 0 bridgehead atoms. The third kappa shape index (κ3) is 2.64. The van der Waals surface area contributed by atoms with Crippen LogP contribution in [-0.2, 0) is 13.0 Å². The number of aryl methyl sites for hydroxylation is 2. The zero-order valence-electron chi connectivity index (χ0n) is 11.8. The highest BCUT2D eigenvalue weighted by Crippen LogP contribution is 2.10. The number of rotatable bonds is 4. The quantitative estimate of drug-likeness (QED) is 0.788. The summed E-state index contributed by atoms with van der Waals surface area (Å²) in [6.45, 7) is 4.95. The van der Waals surface area contributed by atoms with Gasteiger partial charge in [0.25, 0.3) is 0 Å². The molecule has 4 nitrogen and oxygen atoms in total. The summed E-state index contributed by atoms with van der Waals surface area (Å²) < 4.78 is 1.79. The first-order chi connectivity index (χ1) is 9.74. The Hall–Kier alpha value is -2.36. The highest BCUT2D eigenvalue weighted by molar-refractivity contribution is 5.45. The normalized spacial score (nSPS) is 10.9. The summed E-state index contributed by atoms with van der Waals surface area (Å²) in [6, 6.07) is 12.7. The van der Waals surface area contributed by atoms with Crippen molar-refractivity contribution in [1.82, 2.24) is 14.6 Å². The van der Waals surface area contributed by atoms with Crippen LogP contribution in [0.5, 0.6) is 0 Å². The summed E-state index contributed by atoms with van der Waals surface area (Å²) in [4.78, 5) is 4.46. The van der Waals surface area contributed by atoms with Crippen molar-refractivity contribution in [2.24, 2.45) is 0 Å². The van der Waals surface area contributed by atoms with Crippen LogP contribution in [0.25, 0.3) is 5.65 Å². The van der Waals surface area contributed by atoms with Crippen molar-refractivity contribution in [2.45, 2.75) is 26.8 Å². The van der Waals surface area contributed by atoms with Crippen LogP contribution >= 0.6 is 0 Å². The van der Waals surface area contributed by atoms with E-state index in [1.807, 2.05) is 18.3 Å².